The van der Waals surface area contributed by atoms with Gasteiger partial charge in [0, 0.05) is 26.2 Å². The normalized spacial score (nSPS) is 21.2. The molecule has 3 rings (SSSR count). The van der Waals surface area contributed by atoms with Crippen molar-refractivity contribution in [2.24, 2.45) is 4.99 Å². The zero-order valence-electron chi connectivity index (χ0n) is 18.0. The minimum Gasteiger partial charge on any atom is -0.487 e. The van der Waals surface area contributed by atoms with E-state index >= 15 is 0 Å². The number of hydrogen-bond acceptors (Lipinski definition) is 4. The van der Waals surface area contributed by atoms with Crippen LogP contribution in [0.25, 0.3) is 0 Å². The Morgan fingerprint density at radius 3 is 2.73 bits per heavy atom. The smallest absolute Gasteiger partial charge is 0.194 e. The Balaban J connectivity index is 0.00000320. The van der Waals surface area contributed by atoms with E-state index in [1.165, 1.54) is 0 Å². The molecule has 2 atom stereocenters. The minimum absolute atomic E-state index is 0. The molecular formula is C22H35ClIN3O3. The molecule has 0 radical (unpaired) electrons. The number of ether oxygens (including phenoxy) is 3. The molecule has 0 aromatic heterocycles. The molecule has 6 nitrogen and oxygen atoms in total. The summed E-state index contributed by atoms with van der Waals surface area (Å²) in [5.41, 5.74) is 0. The van der Waals surface area contributed by atoms with Crippen molar-refractivity contribution >= 4 is 41.5 Å². The quantitative estimate of drug-likeness (QED) is 0.296. The molecule has 170 valence electrons. The van der Waals surface area contributed by atoms with Gasteiger partial charge >= 0.3 is 0 Å². The average molecular weight is 552 g/mol. The second kappa shape index (κ2) is 13.6. The van der Waals surface area contributed by atoms with Crippen LogP contribution in [0.2, 0.25) is 5.02 Å². The fourth-order valence-corrected chi connectivity index (χ4v) is 3.87. The van der Waals surface area contributed by atoms with Gasteiger partial charge in [0.2, 0.25) is 0 Å². The van der Waals surface area contributed by atoms with E-state index in [-0.39, 0.29) is 30.1 Å². The summed E-state index contributed by atoms with van der Waals surface area (Å²) in [4.78, 5) is 7.12. The fraction of sp³-hybridized carbons (Fsp3) is 0.682. The van der Waals surface area contributed by atoms with Gasteiger partial charge < -0.3 is 24.4 Å². The minimum atomic E-state index is -0.0594. The van der Waals surface area contributed by atoms with Gasteiger partial charge in [0.05, 0.1) is 30.4 Å². The number of aliphatic imine (C=N–C) groups is 1. The summed E-state index contributed by atoms with van der Waals surface area (Å²) in [7, 11) is 0. The van der Waals surface area contributed by atoms with Gasteiger partial charge in [-0.3, -0.25) is 0 Å². The van der Waals surface area contributed by atoms with Gasteiger partial charge in [-0.25, -0.2) is 4.99 Å². The highest BCUT2D eigenvalue weighted by atomic mass is 127. The van der Waals surface area contributed by atoms with E-state index in [2.05, 4.69) is 17.1 Å². The Morgan fingerprint density at radius 1 is 1.30 bits per heavy atom. The summed E-state index contributed by atoms with van der Waals surface area (Å²) in [6.07, 6.45) is 4.88. The molecule has 0 amide bonds. The second-order valence-corrected chi connectivity index (χ2v) is 8.12. The highest BCUT2D eigenvalue weighted by Crippen LogP contribution is 2.24. The lowest BCUT2D eigenvalue weighted by Gasteiger charge is -2.34. The van der Waals surface area contributed by atoms with Gasteiger partial charge in [-0.05, 0) is 51.7 Å². The maximum Gasteiger partial charge on any atom is 0.194 e. The third kappa shape index (κ3) is 8.05. The van der Waals surface area contributed by atoms with Gasteiger partial charge in [-0.15, -0.1) is 24.0 Å². The van der Waals surface area contributed by atoms with Crippen LogP contribution in [0.1, 0.15) is 39.5 Å². The van der Waals surface area contributed by atoms with Crippen molar-refractivity contribution in [1.29, 1.82) is 0 Å². The van der Waals surface area contributed by atoms with E-state index in [1.54, 1.807) is 0 Å². The van der Waals surface area contributed by atoms with Crippen LogP contribution in [-0.2, 0) is 9.47 Å². The van der Waals surface area contributed by atoms with Crippen LogP contribution in [0, 0.1) is 0 Å². The van der Waals surface area contributed by atoms with Crippen molar-refractivity contribution in [1.82, 2.24) is 10.2 Å². The first-order valence-corrected chi connectivity index (χ1v) is 11.2. The summed E-state index contributed by atoms with van der Waals surface area (Å²) in [5, 5.41) is 4.03. The Kier molecular flexibility index (Phi) is 11.6. The molecule has 2 saturated heterocycles. The number of benzene rings is 1. The van der Waals surface area contributed by atoms with Gasteiger partial charge in [-0.2, -0.15) is 0 Å². The second-order valence-electron chi connectivity index (χ2n) is 7.71. The largest absolute Gasteiger partial charge is 0.487 e. The highest BCUT2D eigenvalue weighted by Gasteiger charge is 2.24. The number of rotatable bonds is 8. The van der Waals surface area contributed by atoms with Crippen molar-refractivity contribution in [3.05, 3.63) is 29.3 Å². The molecule has 0 saturated carbocycles. The first-order chi connectivity index (χ1) is 14.2. The Labute approximate surface area is 202 Å². The van der Waals surface area contributed by atoms with Gasteiger partial charge in [0.1, 0.15) is 11.9 Å². The molecule has 30 heavy (non-hydrogen) atoms. The zero-order chi connectivity index (χ0) is 20.5. The molecule has 1 aromatic carbocycles. The number of piperidine rings is 1. The first kappa shape index (κ1) is 25.5. The molecule has 0 bridgehead atoms. The monoisotopic (exact) mass is 551 g/mol. The van der Waals surface area contributed by atoms with Crippen molar-refractivity contribution in [2.75, 3.05) is 39.4 Å². The summed E-state index contributed by atoms with van der Waals surface area (Å²) in [6, 6.07) is 7.54. The summed E-state index contributed by atoms with van der Waals surface area (Å²) in [5.74, 6) is 1.64. The van der Waals surface area contributed by atoms with Crippen molar-refractivity contribution in [2.45, 2.75) is 57.8 Å². The third-order valence-electron chi connectivity index (χ3n) is 5.28. The standard InChI is InChI=1S/C22H34ClN3O3.HI/c1-3-24-22(25-15-17(2)29-21-9-5-4-8-20(21)23)26-12-10-18(11-13-26)28-16-19-7-6-14-27-19;/h4-5,8-9,17-19H,3,6-7,10-16H2,1-2H3,(H,24,25);1H. The molecular weight excluding hydrogens is 517 g/mol. The van der Waals surface area contributed by atoms with Gasteiger partial charge in [0.15, 0.2) is 5.96 Å². The van der Waals surface area contributed by atoms with Crippen LogP contribution in [0.4, 0.5) is 0 Å². The van der Waals surface area contributed by atoms with Gasteiger partial charge in [0.25, 0.3) is 0 Å². The SMILES string of the molecule is CCNC(=NCC(C)Oc1ccccc1Cl)N1CCC(OCC2CCCO2)CC1.I. The van der Waals surface area contributed by atoms with E-state index in [0.29, 0.717) is 29.5 Å². The number of nitrogens with one attached hydrogen (secondary N) is 1. The Hall–Kier alpha value is -0.770. The number of hydrogen-bond donors (Lipinski definition) is 1. The number of guanidine groups is 1. The number of likely N-dealkylation sites (tertiary alicyclic amines) is 1. The lowest BCUT2D eigenvalue weighted by Crippen LogP contribution is -2.47. The van der Waals surface area contributed by atoms with Crippen LogP contribution in [-0.4, -0.2) is 68.6 Å². The van der Waals surface area contributed by atoms with Crippen LogP contribution < -0.4 is 10.1 Å². The lowest BCUT2D eigenvalue weighted by molar-refractivity contribution is -0.0367. The summed E-state index contributed by atoms with van der Waals surface area (Å²) >= 11 is 6.18. The van der Waals surface area contributed by atoms with E-state index < -0.39 is 0 Å². The van der Waals surface area contributed by atoms with E-state index in [1.807, 2.05) is 31.2 Å². The molecule has 2 heterocycles. The predicted octanol–water partition coefficient (Wildman–Crippen LogP) is 4.35. The zero-order valence-corrected chi connectivity index (χ0v) is 21.1. The molecule has 8 heteroatoms. The predicted molar refractivity (Wildman–Crippen MR) is 132 cm³/mol. The van der Waals surface area contributed by atoms with E-state index in [9.17, 15) is 0 Å². The molecule has 1 N–H and O–H groups in total. The van der Waals surface area contributed by atoms with Gasteiger partial charge in [-0.1, -0.05) is 23.7 Å². The maximum atomic E-state index is 6.18. The van der Waals surface area contributed by atoms with Crippen molar-refractivity contribution in [3.63, 3.8) is 0 Å². The molecule has 1 aromatic rings. The van der Waals surface area contributed by atoms with E-state index in [4.69, 9.17) is 30.8 Å². The molecule has 2 aliphatic rings. The average Bonchev–Trinajstić information content (AvgIpc) is 3.25. The maximum absolute atomic E-state index is 6.18. The topological polar surface area (TPSA) is 55.3 Å². The fourth-order valence-electron chi connectivity index (χ4n) is 3.69. The third-order valence-corrected chi connectivity index (χ3v) is 5.59. The number of para-hydroxylation sites is 1. The first-order valence-electron chi connectivity index (χ1n) is 10.8. The Morgan fingerprint density at radius 2 is 2.07 bits per heavy atom. The lowest BCUT2D eigenvalue weighted by atomic mass is 10.1. The molecule has 2 aliphatic heterocycles. The van der Waals surface area contributed by atoms with E-state index in [0.717, 1.165) is 64.5 Å². The van der Waals surface area contributed by atoms with Crippen LogP contribution in [0.3, 0.4) is 0 Å². The highest BCUT2D eigenvalue weighted by molar-refractivity contribution is 14.0. The number of nitrogens with zero attached hydrogens (tertiary/aromatic N) is 2. The van der Waals surface area contributed by atoms with Crippen LogP contribution >= 0.6 is 35.6 Å². The molecule has 2 fully saturated rings. The Bertz CT molecular complexity index is 650. The van der Waals surface area contributed by atoms with Crippen molar-refractivity contribution < 1.29 is 14.2 Å². The summed E-state index contributed by atoms with van der Waals surface area (Å²) in [6.45, 7) is 9.03. The number of halogens is 2. The molecule has 0 aliphatic carbocycles. The molecule has 0 spiro atoms. The molecule has 2 unspecified atom stereocenters. The van der Waals surface area contributed by atoms with Crippen molar-refractivity contribution in [3.8, 4) is 5.75 Å². The van der Waals surface area contributed by atoms with Crippen LogP contribution in [0.15, 0.2) is 29.3 Å². The van der Waals surface area contributed by atoms with Crippen LogP contribution in [0.5, 0.6) is 5.75 Å². The summed E-state index contributed by atoms with van der Waals surface area (Å²) < 4.78 is 17.7.